The molecule has 0 bridgehead atoms. The first-order valence-corrected chi connectivity index (χ1v) is 5.23. The van der Waals surface area contributed by atoms with Gasteiger partial charge in [-0.2, -0.15) is 4.68 Å². The van der Waals surface area contributed by atoms with Gasteiger partial charge in [0.05, 0.1) is 11.6 Å². The van der Waals surface area contributed by atoms with E-state index in [0.29, 0.717) is 10.8 Å². The molecule has 1 aromatic carbocycles. The summed E-state index contributed by atoms with van der Waals surface area (Å²) in [5, 5.41) is 12.0. The van der Waals surface area contributed by atoms with Crippen molar-refractivity contribution in [3.63, 3.8) is 0 Å². The van der Waals surface area contributed by atoms with Crippen LogP contribution in [0, 0.1) is 6.92 Å². The fourth-order valence-electron chi connectivity index (χ4n) is 1.33. The number of nitrogens with zero attached hydrogens (tertiary/aromatic N) is 4. The van der Waals surface area contributed by atoms with Crippen LogP contribution in [0.3, 0.4) is 0 Å². The summed E-state index contributed by atoms with van der Waals surface area (Å²) in [6, 6.07) is 5.52. The predicted molar refractivity (Wildman–Crippen MR) is 58.5 cm³/mol. The van der Waals surface area contributed by atoms with E-state index in [0.717, 1.165) is 11.3 Å². The summed E-state index contributed by atoms with van der Waals surface area (Å²) in [6.07, 6.45) is 0. The SMILES string of the molecule is Cc1cc(Cl)ccc1-n1nnnc1CCl. The molecular weight excluding hydrogens is 235 g/mol. The second-order valence-electron chi connectivity index (χ2n) is 3.07. The summed E-state index contributed by atoms with van der Waals surface area (Å²) in [4.78, 5) is 0. The van der Waals surface area contributed by atoms with Crippen LogP contribution in [0.1, 0.15) is 11.4 Å². The highest BCUT2D eigenvalue weighted by molar-refractivity contribution is 6.30. The molecule has 2 rings (SSSR count). The van der Waals surface area contributed by atoms with Crippen LogP contribution in [0.2, 0.25) is 5.02 Å². The molecule has 0 fully saturated rings. The molecule has 0 spiro atoms. The van der Waals surface area contributed by atoms with Crippen molar-refractivity contribution in [3.05, 3.63) is 34.6 Å². The first-order chi connectivity index (χ1) is 7.22. The second-order valence-corrected chi connectivity index (χ2v) is 3.78. The van der Waals surface area contributed by atoms with Crippen LogP contribution >= 0.6 is 23.2 Å². The number of hydrogen-bond donors (Lipinski definition) is 0. The van der Waals surface area contributed by atoms with Crippen molar-refractivity contribution in [1.82, 2.24) is 20.2 Å². The fourth-order valence-corrected chi connectivity index (χ4v) is 1.73. The number of hydrogen-bond acceptors (Lipinski definition) is 3. The van der Waals surface area contributed by atoms with E-state index < -0.39 is 0 Å². The molecule has 0 N–H and O–H groups in total. The van der Waals surface area contributed by atoms with E-state index in [1.807, 2.05) is 19.1 Å². The van der Waals surface area contributed by atoms with E-state index in [9.17, 15) is 0 Å². The smallest absolute Gasteiger partial charge is 0.171 e. The van der Waals surface area contributed by atoms with Gasteiger partial charge in [0.2, 0.25) is 0 Å². The number of benzene rings is 1. The third kappa shape index (κ3) is 1.96. The van der Waals surface area contributed by atoms with Crippen molar-refractivity contribution >= 4 is 23.2 Å². The lowest BCUT2D eigenvalue weighted by Crippen LogP contribution is -2.03. The lowest BCUT2D eigenvalue weighted by Gasteiger charge is -2.06. The summed E-state index contributed by atoms with van der Waals surface area (Å²) in [7, 11) is 0. The molecular formula is C9H8Cl2N4. The molecule has 0 aliphatic heterocycles. The Kier molecular flexibility index (Phi) is 2.88. The maximum absolute atomic E-state index is 5.87. The molecule has 0 atom stereocenters. The Bertz CT molecular complexity index is 481. The average Bonchev–Trinajstić information content (AvgIpc) is 2.65. The van der Waals surface area contributed by atoms with Crippen molar-refractivity contribution in [2.75, 3.05) is 0 Å². The third-order valence-electron chi connectivity index (χ3n) is 2.04. The van der Waals surface area contributed by atoms with E-state index >= 15 is 0 Å². The summed E-state index contributed by atoms with van der Waals surface area (Å²) in [5.74, 6) is 0.886. The van der Waals surface area contributed by atoms with Crippen molar-refractivity contribution in [1.29, 1.82) is 0 Å². The second kappa shape index (κ2) is 4.16. The molecule has 78 valence electrons. The monoisotopic (exact) mass is 242 g/mol. The van der Waals surface area contributed by atoms with Gasteiger partial charge in [0, 0.05) is 5.02 Å². The molecule has 1 aromatic heterocycles. The van der Waals surface area contributed by atoms with Gasteiger partial charge >= 0.3 is 0 Å². The van der Waals surface area contributed by atoms with E-state index in [2.05, 4.69) is 15.5 Å². The van der Waals surface area contributed by atoms with E-state index in [-0.39, 0.29) is 5.88 Å². The van der Waals surface area contributed by atoms with Crippen LogP contribution in [-0.4, -0.2) is 20.2 Å². The van der Waals surface area contributed by atoms with Crippen LogP contribution < -0.4 is 0 Å². The zero-order valence-electron chi connectivity index (χ0n) is 7.98. The lowest BCUT2D eigenvalue weighted by atomic mass is 10.2. The molecule has 0 aliphatic rings. The van der Waals surface area contributed by atoms with Gasteiger partial charge in [-0.25, -0.2) is 0 Å². The maximum Gasteiger partial charge on any atom is 0.171 e. The Balaban J connectivity index is 2.54. The minimum Gasteiger partial charge on any atom is -0.196 e. The molecule has 1 heterocycles. The van der Waals surface area contributed by atoms with Crippen molar-refractivity contribution in [2.45, 2.75) is 12.8 Å². The summed E-state index contributed by atoms with van der Waals surface area (Å²) in [5.41, 5.74) is 1.89. The highest BCUT2D eigenvalue weighted by Crippen LogP contribution is 2.19. The Morgan fingerprint density at radius 2 is 2.20 bits per heavy atom. The largest absolute Gasteiger partial charge is 0.196 e. The van der Waals surface area contributed by atoms with Gasteiger partial charge in [-0.1, -0.05) is 11.6 Å². The topological polar surface area (TPSA) is 43.6 Å². The van der Waals surface area contributed by atoms with Gasteiger partial charge in [0.15, 0.2) is 5.82 Å². The highest BCUT2D eigenvalue weighted by atomic mass is 35.5. The highest BCUT2D eigenvalue weighted by Gasteiger charge is 2.09. The fraction of sp³-hybridized carbons (Fsp3) is 0.222. The molecule has 0 aliphatic carbocycles. The van der Waals surface area contributed by atoms with Gasteiger partial charge in [-0.15, -0.1) is 16.7 Å². The summed E-state index contributed by atoms with van der Waals surface area (Å²) in [6.45, 7) is 1.95. The van der Waals surface area contributed by atoms with Crippen molar-refractivity contribution in [2.24, 2.45) is 0 Å². The van der Waals surface area contributed by atoms with Crippen molar-refractivity contribution in [3.8, 4) is 5.69 Å². The number of aryl methyl sites for hydroxylation is 1. The average molecular weight is 243 g/mol. The molecule has 0 radical (unpaired) electrons. The van der Waals surface area contributed by atoms with Crippen LogP contribution in [0.5, 0.6) is 0 Å². The van der Waals surface area contributed by atoms with Gasteiger partial charge in [0.1, 0.15) is 0 Å². The molecule has 0 saturated carbocycles. The van der Waals surface area contributed by atoms with Crippen LogP contribution in [-0.2, 0) is 5.88 Å². The normalized spacial score (nSPS) is 10.6. The predicted octanol–water partition coefficient (Wildman–Crippen LogP) is 2.36. The number of rotatable bonds is 2. The zero-order valence-corrected chi connectivity index (χ0v) is 9.50. The van der Waals surface area contributed by atoms with E-state index in [1.54, 1.807) is 10.7 Å². The third-order valence-corrected chi connectivity index (χ3v) is 2.51. The molecule has 4 nitrogen and oxygen atoms in total. The molecule has 15 heavy (non-hydrogen) atoms. The Morgan fingerprint density at radius 3 is 2.87 bits per heavy atom. The Hall–Kier alpha value is -1.13. The molecule has 6 heteroatoms. The standard InChI is InChI=1S/C9H8Cl2N4/c1-6-4-7(11)2-3-8(6)15-9(5-10)12-13-14-15/h2-4H,5H2,1H3. The van der Waals surface area contributed by atoms with Gasteiger partial charge < -0.3 is 0 Å². The minimum atomic E-state index is 0.273. The molecule has 2 aromatic rings. The Morgan fingerprint density at radius 1 is 1.40 bits per heavy atom. The first-order valence-electron chi connectivity index (χ1n) is 4.32. The summed E-state index contributed by atoms with van der Waals surface area (Å²) < 4.78 is 1.61. The minimum absolute atomic E-state index is 0.273. The number of aromatic nitrogens is 4. The van der Waals surface area contributed by atoms with E-state index in [1.165, 1.54) is 0 Å². The number of halogens is 2. The van der Waals surface area contributed by atoms with Gasteiger partial charge in [-0.05, 0) is 41.1 Å². The lowest BCUT2D eigenvalue weighted by molar-refractivity contribution is 0.773. The molecule has 0 unspecified atom stereocenters. The van der Waals surface area contributed by atoms with Crippen LogP contribution in [0.15, 0.2) is 18.2 Å². The Labute approximate surface area is 96.8 Å². The number of alkyl halides is 1. The first kappa shape index (κ1) is 10.4. The van der Waals surface area contributed by atoms with Gasteiger partial charge in [-0.3, -0.25) is 0 Å². The quantitative estimate of drug-likeness (QED) is 0.760. The van der Waals surface area contributed by atoms with Crippen LogP contribution in [0.4, 0.5) is 0 Å². The van der Waals surface area contributed by atoms with Crippen LogP contribution in [0.25, 0.3) is 5.69 Å². The van der Waals surface area contributed by atoms with Gasteiger partial charge in [0.25, 0.3) is 0 Å². The molecule has 0 amide bonds. The van der Waals surface area contributed by atoms with Crippen molar-refractivity contribution < 1.29 is 0 Å². The van der Waals surface area contributed by atoms with E-state index in [4.69, 9.17) is 23.2 Å². The zero-order chi connectivity index (χ0) is 10.8. The summed E-state index contributed by atoms with van der Waals surface area (Å²) >= 11 is 11.6. The number of tetrazole rings is 1. The molecule has 0 saturated heterocycles. The maximum atomic E-state index is 5.87.